The second-order valence-electron chi connectivity index (χ2n) is 11.4. The molecule has 3 aromatic rings. The Labute approximate surface area is 235 Å². The maximum absolute atomic E-state index is 14.0. The number of nitrogens with zero attached hydrogens (tertiary/aromatic N) is 6. The Morgan fingerprint density at radius 2 is 1.98 bits per heavy atom. The van der Waals surface area contributed by atoms with Gasteiger partial charge in [-0.25, -0.2) is 4.39 Å². The molecule has 40 heavy (non-hydrogen) atoms. The molecular weight excluding hydrogens is 505 g/mol. The summed E-state index contributed by atoms with van der Waals surface area (Å²) in [7, 11) is 1.94. The van der Waals surface area contributed by atoms with Gasteiger partial charge in [-0.1, -0.05) is 30.3 Å². The molecule has 8 nitrogen and oxygen atoms in total. The summed E-state index contributed by atoms with van der Waals surface area (Å²) in [4.78, 5) is 16.7. The van der Waals surface area contributed by atoms with E-state index in [0.717, 1.165) is 50.5 Å². The van der Waals surface area contributed by atoms with Crippen LogP contribution in [-0.4, -0.2) is 79.5 Å². The van der Waals surface area contributed by atoms with Crippen molar-refractivity contribution in [2.45, 2.75) is 57.4 Å². The summed E-state index contributed by atoms with van der Waals surface area (Å²) >= 11 is 0. The number of likely N-dealkylation sites (N-methyl/N-ethyl adjacent to an activating group) is 1. The Hall–Kier alpha value is -3.48. The van der Waals surface area contributed by atoms with E-state index in [1.807, 2.05) is 11.9 Å². The van der Waals surface area contributed by atoms with Crippen LogP contribution in [0.15, 0.2) is 36.4 Å². The lowest BCUT2D eigenvalue weighted by molar-refractivity contribution is 0.187. The zero-order valence-corrected chi connectivity index (χ0v) is 23.4. The largest absolute Gasteiger partial charge is 0.462 e. The number of fused-ring (bicyclic) bond motifs is 2. The average Bonchev–Trinajstić information content (AvgIpc) is 3.14. The van der Waals surface area contributed by atoms with E-state index in [9.17, 15) is 9.65 Å². The van der Waals surface area contributed by atoms with E-state index in [0.29, 0.717) is 38.5 Å². The minimum atomic E-state index is -0.822. The van der Waals surface area contributed by atoms with E-state index in [4.69, 9.17) is 14.7 Å². The lowest BCUT2D eigenvalue weighted by atomic mass is 10.0. The highest BCUT2D eigenvalue weighted by Crippen LogP contribution is 2.35. The van der Waals surface area contributed by atoms with Crippen molar-refractivity contribution in [2.24, 2.45) is 0 Å². The van der Waals surface area contributed by atoms with Crippen LogP contribution in [0.1, 0.15) is 36.1 Å². The van der Waals surface area contributed by atoms with Gasteiger partial charge in [0.15, 0.2) is 0 Å². The number of ether oxygens (including phenoxy) is 1. The predicted molar refractivity (Wildman–Crippen MR) is 156 cm³/mol. The summed E-state index contributed by atoms with van der Waals surface area (Å²) < 4.78 is 20.2. The van der Waals surface area contributed by atoms with Crippen molar-refractivity contribution < 1.29 is 9.13 Å². The normalized spacial score (nSPS) is 23.6. The zero-order valence-electron chi connectivity index (χ0n) is 23.4. The summed E-state index contributed by atoms with van der Waals surface area (Å²) in [5.74, 6) is 0.920. The number of nitrogens with one attached hydrogen (secondary N) is 1. The van der Waals surface area contributed by atoms with Crippen LogP contribution >= 0.6 is 0 Å². The lowest BCUT2D eigenvalue weighted by Gasteiger charge is -2.35. The molecule has 210 valence electrons. The first-order chi connectivity index (χ1) is 19.5. The maximum Gasteiger partial charge on any atom is 0.318 e. The van der Waals surface area contributed by atoms with Gasteiger partial charge in [-0.15, -0.1) is 0 Å². The summed E-state index contributed by atoms with van der Waals surface area (Å²) in [5.41, 5.74) is 4.65. The highest BCUT2D eigenvalue weighted by molar-refractivity contribution is 5.96. The maximum atomic E-state index is 14.0. The number of alkyl halides is 1. The fourth-order valence-corrected chi connectivity index (χ4v) is 6.53. The Morgan fingerprint density at radius 1 is 1.12 bits per heavy atom. The van der Waals surface area contributed by atoms with Crippen molar-refractivity contribution in [2.75, 3.05) is 56.2 Å². The van der Waals surface area contributed by atoms with E-state index in [1.54, 1.807) is 0 Å². The number of likely N-dealkylation sites (tertiary alicyclic amines) is 1. The van der Waals surface area contributed by atoms with Crippen molar-refractivity contribution >= 4 is 22.3 Å². The molecule has 1 unspecified atom stereocenters. The SMILES string of the molecule is Cc1cccc2cccc(N3CCCc4c(nc(OC[C@@H]5C[C@H](F)CN5C)nc4N4CCNC(CC#N)C4)C3)c12. The molecule has 2 saturated heterocycles. The number of rotatable bonds is 6. The van der Waals surface area contributed by atoms with Crippen molar-refractivity contribution in [1.82, 2.24) is 20.2 Å². The van der Waals surface area contributed by atoms with Crippen LogP contribution in [0.5, 0.6) is 6.01 Å². The van der Waals surface area contributed by atoms with Crippen LogP contribution in [0.25, 0.3) is 10.8 Å². The van der Waals surface area contributed by atoms with Crippen LogP contribution in [0, 0.1) is 18.3 Å². The molecule has 0 amide bonds. The van der Waals surface area contributed by atoms with E-state index in [-0.39, 0.29) is 12.1 Å². The van der Waals surface area contributed by atoms with Crippen molar-refractivity contribution in [3.05, 3.63) is 53.2 Å². The van der Waals surface area contributed by atoms with E-state index in [1.165, 1.54) is 27.6 Å². The molecule has 1 aromatic heterocycles. The molecule has 0 radical (unpaired) electrons. The molecule has 2 fully saturated rings. The number of nitriles is 1. The van der Waals surface area contributed by atoms with Gasteiger partial charge >= 0.3 is 6.01 Å². The second-order valence-corrected chi connectivity index (χ2v) is 11.4. The molecule has 0 saturated carbocycles. The first kappa shape index (κ1) is 26.7. The van der Waals surface area contributed by atoms with E-state index >= 15 is 0 Å². The summed E-state index contributed by atoms with van der Waals surface area (Å²) in [6.07, 6.45) is 1.98. The number of anilines is 2. The number of hydrogen-bond acceptors (Lipinski definition) is 8. The molecule has 0 bridgehead atoms. The van der Waals surface area contributed by atoms with Crippen molar-refractivity contribution in [1.29, 1.82) is 5.26 Å². The van der Waals surface area contributed by atoms with Gasteiger partial charge in [-0.05, 0) is 50.2 Å². The summed E-state index contributed by atoms with van der Waals surface area (Å²) in [6, 6.07) is 15.8. The molecule has 2 aromatic carbocycles. The quantitative estimate of drug-likeness (QED) is 0.500. The Bertz CT molecular complexity index is 1400. The van der Waals surface area contributed by atoms with Gasteiger partial charge in [0, 0.05) is 61.4 Å². The molecule has 0 aliphatic carbocycles. The number of hydrogen-bond donors (Lipinski definition) is 1. The summed E-state index contributed by atoms with van der Waals surface area (Å²) in [5, 5.41) is 15.3. The van der Waals surface area contributed by atoms with Gasteiger partial charge in [0.25, 0.3) is 0 Å². The summed E-state index contributed by atoms with van der Waals surface area (Å²) in [6.45, 7) is 6.89. The van der Waals surface area contributed by atoms with E-state index in [2.05, 4.69) is 64.5 Å². The third-order valence-electron chi connectivity index (χ3n) is 8.61. The van der Waals surface area contributed by atoms with Crippen LogP contribution in [0.2, 0.25) is 0 Å². The molecule has 1 N–H and O–H groups in total. The third kappa shape index (κ3) is 5.43. The number of aromatic nitrogens is 2. The number of halogens is 1. The first-order valence-corrected chi connectivity index (χ1v) is 14.5. The van der Waals surface area contributed by atoms with Gasteiger partial charge in [0.05, 0.1) is 24.7 Å². The van der Waals surface area contributed by atoms with Gasteiger partial charge < -0.3 is 19.9 Å². The molecular formula is C31H38FN7O. The third-order valence-corrected chi connectivity index (χ3v) is 8.61. The molecule has 0 spiro atoms. The number of piperazine rings is 1. The van der Waals surface area contributed by atoms with Crippen LogP contribution in [-0.2, 0) is 13.0 Å². The van der Waals surface area contributed by atoms with Crippen molar-refractivity contribution in [3.8, 4) is 12.1 Å². The standard InChI is InChI=1S/C31H38FN7O/c1-21-6-3-7-22-8-4-10-28(29(21)22)38-14-5-9-26-27(19-38)35-31(40-20-25-16-23(32)17-37(25)2)36-30(26)39-15-13-34-24(18-39)11-12-33/h3-4,6-8,10,23-25,34H,5,9,11,13-20H2,1-2H3/t23-,24?,25-/m0/s1. The van der Waals surface area contributed by atoms with Crippen LogP contribution in [0.3, 0.4) is 0 Å². The minimum Gasteiger partial charge on any atom is -0.462 e. The fraction of sp³-hybridized carbons (Fsp3) is 0.516. The molecule has 3 aliphatic heterocycles. The zero-order chi connectivity index (χ0) is 27.6. The molecule has 9 heteroatoms. The predicted octanol–water partition coefficient (Wildman–Crippen LogP) is 4.00. The Kier molecular flexibility index (Phi) is 7.72. The highest BCUT2D eigenvalue weighted by atomic mass is 19.1. The van der Waals surface area contributed by atoms with Crippen LogP contribution in [0.4, 0.5) is 15.9 Å². The molecule has 3 atom stereocenters. The molecule has 4 heterocycles. The topological polar surface area (TPSA) is 80.6 Å². The van der Waals surface area contributed by atoms with Crippen LogP contribution < -0.4 is 19.9 Å². The van der Waals surface area contributed by atoms with E-state index < -0.39 is 6.17 Å². The highest BCUT2D eigenvalue weighted by Gasteiger charge is 2.31. The van der Waals surface area contributed by atoms with Gasteiger partial charge in [-0.2, -0.15) is 15.2 Å². The van der Waals surface area contributed by atoms with Crippen molar-refractivity contribution in [3.63, 3.8) is 0 Å². The fourth-order valence-electron chi connectivity index (χ4n) is 6.53. The monoisotopic (exact) mass is 543 g/mol. The minimum absolute atomic E-state index is 0.00946. The average molecular weight is 544 g/mol. The number of benzene rings is 2. The second kappa shape index (κ2) is 11.6. The first-order valence-electron chi connectivity index (χ1n) is 14.5. The van der Waals surface area contributed by atoms with Gasteiger partial charge in [0.2, 0.25) is 0 Å². The van der Waals surface area contributed by atoms with Gasteiger partial charge in [-0.3, -0.25) is 4.90 Å². The lowest BCUT2D eigenvalue weighted by Crippen LogP contribution is -2.51. The molecule has 6 rings (SSSR count). The Balaban J connectivity index is 1.35. The smallest absolute Gasteiger partial charge is 0.318 e. The number of aryl methyl sites for hydroxylation is 1. The molecule has 3 aliphatic rings. The van der Waals surface area contributed by atoms with Gasteiger partial charge in [0.1, 0.15) is 18.6 Å². The Morgan fingerprint density at radius 3 is 2.77 bits per heavy atom.